The average Bonchev–Trinajstić information content (AvgIpc) is 3.37. The zero-order valence-electron chi connectivity index (χ0n) is 22.6. The second-order valence-electron chi connectivity index (χ2n) is 11.2. The smallest absolute Gasteiger partial charge is 0.407 e. The molecule has 9 nitrogen and oxygen atoms in total. The van der Waals surface area contributed by atoms with Gasteiger partial charge in [0.15, 0.2) is 0 Å². The van der Waals surface area contributed by atoms with E-state index in [0.717, 1.165) is 36.5 Å². The molecule has 1 saturated carbocycles. The Morgan fingerprint density at radius 2 is 2.03 bits per heavy atom. The molecule has 4 aliphatic rings. The Morgan fingerprint density at radius 1 is 1.27 bits per heavy atom. The molecule has 0 bridgehead atoms. The molecule has 3 heterocycles. The average molecular weight is 514 g/mol. The summed E-state index contributed by atoms with van der Waals surface area (Å²) in [7, 11) is 3.62. The number of methoxy groups -OCH3 is 1. The number of fused-ring (bicyclic) bond motifs is 1. The molecule has 1 aliphatic carbocycles. The number of hydrogen-bond donors (Lipinski definition) is 2. The van der Waals surface area contributed by atoms with Crippen LogP contribution < -0.4 is 15.0 Å². The number of carbonyl (C=O) groups is 2. The molecule has 9 heteroatoms. The van der Waals surface area contributed by atoms with Crippen molar-refractivity contribution in [1.29, 1.82) is 0 Å². The number of nitrogens with one attached hydrogen (secondary N) is 1. The molecule has 2 fully saturated rings. The molecule has 3 aliphatic heterocycles. The van der Waals surface area contributed by atoms with Gasteiger partial charge >= 0.3 is 12.1 Å². The van der Waals surface area contributed by atoms with Crippen LogP contribution in [0, 0.1) is 5.41 Å². The van der Waals surface area contributed by atoms with Crippen molar-refractivity contribution in [3.8, 4) is 5.75 Å². The fraction of sp³-hybridized carbons (Fsp3) is 0.643. The SMILES string of the molecule is CCC12C=CCN3CC[C@@]4(c5ccc(OC)cc5N(C)[C@H]4[C@@](O)(CNC(=O)OC(C)C)[C@@H]1OC(C)=O)[C@@H]32. The third-order valence-electron chi connectivity index (χ3n) is 9.08. The van der Waals surface area contributed by atoms with Crippen molar-refractivity contribution >= 4 is 17.7 Å². The summed E-state index contributed by atoms with van der Waals surface area (Å²) in [5.41, 5.74) is -0.584. The first kappa shape index (κ1) is 25.9. The number of esters is 1. The van der Waals surface area contributed by atoms with E-state index < -0.39 is 40.6 Å². The van der Waals surface area contributed by atoms with E-state index in [4.69, 9.17) is 14.2 Å². The maximum Gasteiger partial charge on any atom is 0.407 e. The van der Waals surface area contributed by atoms with Gasteiger partial charge in [0.05, 0.1) is 25.8 Å². The van der Waals surface area contributed by atoms with Gasteiger partial charge in [0.2, 0.25) is 0 Å². The summed E-state index contributed by atoms with van der Waals surface area (Å²) in [6.07, 6.45) is 3.97. The number of ether oxygens (including phenoxy) is 3. The molecule has 6 atom stereocenters. The number of alkyl carbamates (subject to hydrolysis) is 1. The molecule has 1 saturated heterocycles. The predicted octanol–water partition coefficient (Wildman–Crippen LogP) is 2.60. The highest BCUT2D eigenvalue weighted by molar-refractivity contribution is 5.72. The van der Waals surface area contributed by atoms with E-state index in [1.165, 1.54) is 6.92 Å². The summed E-state index contributed by atoms with van der Waals surface area (Å²) < 4.78 is 17.0. The number of carbonyl (C=O) groups excluding carboxylic acids is 2. The third kappa shape index (κ3) is 3.50. The Morgan fingerprint density at radius 3 is 2.68 bits per heavy atom. The van der Waals surface area contributed by atoms with Crippen LogP contribution in [0.5, 0.6) is 5.75 Å². The molecule has 1 amide bonds. The number of benzene rings is 1. The first-order valence-corrected chi connectivity index (χ1v) is 13.2. The van der Waals surface area contributed by atoms with E-state index in [1.807, 2.05) is 19.2 Å². The molecule has 5 rings (SSSR count). The maximum atomic E-state index is 12.9. The first-order chi connectivity index (χ1) is 17.5. The Hall–Kier alpha value is -2.78. The molecular formula is C28H39N3O6. The van der Waals surface area contributed by atoms with E-state index >= 15 is 0 Å². The number of likely N-dealkylation sites (N-methyl/N-ethyl adjacent to an activating group) is 1. The zero-order chi connectivity index (χ0) is 26.8. The number of nitrogens with zero attached hydrogens (tertiary/aromatic N) is 2. The van der Waals surface area contributed by atoms with Gasteiger partial charge in [-0.2, -0.15) is 0 Å². The molecule has 1 spiro atoms. The van der Waals surface area contributed by atoms with Gasteiger partial charge in [0.1, 0.15) is 17.5 Å². The Balaban J connectivity index is 1.73. The first-order valence-electron chi connectivity index (χ1n) is 13.2. The number of rotatable bonds is 6. The normalized spacial score (nSPS) is 35.6. The number of anilines is 1. The number of amides is 1. The predicted molar refractivity (Wildman–Crippen MR) is 139 cm³/mol. The highest BCUT2D eigenvalue weighted by atomic mass is 16.6. The molecule has 37 heavy (non-hydrogen) atoms. The summed E-state index contributed by atoms with van der Waals surface area (Å²) in [5.74, 6) is 0.274. The molecule has 2 N–H and O–H groups in total. The van der Waals surface area contributed by atoms with Crippen LogP contribution in [0.2, 0.25) is 0 Å². The summed E-state index contributed by atoms with van der Waals surface area (Å²) in [5, 5.41) is 15.7. The lowest BCUT2D eigenvalue weighted by Crippen LogP contribution is -2.81. The standard InChI is InChI=1S/C28H39N3O6/c1-7-26-11-8-13-31-14-12-27(22(26)31)20-10-9-19(35-6)15-21(20)30(5)23(27)28(34,24(26)37-18(4)32)16-29-25(33)36-17(2)3/h8-11,15,17,22-24,34H,7,12-14,16H2,1-6H3,(H,29,33)/t22-,23+,24+,26?,27+,28-/m0/s1. The molecule has 0 radical (unpaired) electrons. The maximum absolute atomic E-state index is 12.9. The van der Waals surface area contributed by atoms with Crippen LogP contribution in [0.1, 0.15) is 46.1 Å². The molecule has 1 unspecified atom stereocenters. The van der Waals surface area contributed by atoms with Gasteiger partial charge in [-0.05, 0) is 44.9 Å². The minimum absolute atomic E-state index is 0.00401. The van der Waals surface area contributed by atoms with Crippen molar-refractivity contribution < 1.29 is 28.9 Å². The van der Waals surface area contributed by atoms with Crippen LogP contribution in [0.15, 0.2) is 30.4 Å². The van der Waals surface area contributed by atoms with Gasteiger partial charge < -0.3 is 29.5 Å². The van der Waals surface area contributed by atoms with Crippen molar-refractivity contribution in [1.82, 2.24) is 10.2 Å². The van der Waals surface area contributed by atoms with Gasteiger partial charge in [0, 0.05) is 49.1 Å². The van der Waals surface area contributed by atoms with Crippen LogP contribution in [0.25, 0.3) is 0 Å². The Kier molecular flexibility index (Phi) is 6.22. The van der Waals surface area contributed by atoms with Crippen LogP contribution in [0.3, 0.4) is 0 Å². The van der Waals surface area contributed by atoms with Crippen molar-refractivity contribution in [3.63, 3.8) is 0 Å². The fourth-order valence-corrected chi connectivity index (χ4v) is 8.11. The molecule has 1 aromatic carbocycles. The minimum atomic E-state index is -1.62. The van der Waals surface area contributed by atoms with Crippen molar-refractivity contribution in [2.45, 2.75) is 75.8 Å². The van der Waals surface area contributed by atoms with Crippen molar-refractivity contribution in [2.75, 3.05) is 38.7 Å². The quantitative estimate of drug-likeness (QED) is 0.442. The van der Waals surface area contributed by atoms with Gasteiger partial charge in [-0.3, -0.25) is 9.69 Å². The summed E-state index contributed by atoms with van der Waals surface area (Å²) >= 11 is 0. The van der Waals surface area contributed by atoms with E-state index in [2.05, 4.69) is 40.3 Å². The van der Waals surface area contributed by atoms with Crippen molar-refractivity contribution in [3.05, 3.63) is 35.9 Å². The van der Waals surface area contributed by atoms with Crippen LogP contribution in [0.4, 0.5) is 10.5 Å². The van der Waals surface area contributed by atoms with Crippen LogP contribution >= 0.6 is 0 Å². The summed E-state index contributed by atoms with van der Waals surface area (Å²) in [4.78, 5) is 29.8. The van der Waals surface area contributed by atoms with Gasteiger partial charge in [-0.15, -0.1) is 0 Å². The highest BCUT2D eigenvalue weighted by Gasteiger charge is 2.77. The molecule has 1 aromatic rings. The Bertz CT molecular complexity index is 1120. The molecular weight excluding hydrogens is 474 g/mol. The lowest BCUT2D eigenvalue weighted by atomic mass is 9.47. The largest absolute Gasteiger partial charge is 0.497 e. The molecule has 0 aromatic heterocycles. The van der Waals surface area contributed by atoms with Crippen LogP contribution in [-0.2, 0) is 19.7 Å². The zero-order valence-corrected chi connectivity index (χ0v) is 22.6. The number of aliphatic hydroxyl groups is 1. The lowest BCUT2D eigenvalue weighted by molar-refractivity contribution is -0.217. The minimum Gasteiger partial charge on any atom is -0.497 e. The lowest BCUT2D eigenvalue weighted by Gasteiger charge is -2.64. The van der Waals surface area contributed by atoms with Gasteiger partial charge in [0.25, 0.3) is 0 Å². The summed E-state index contributed by atoms with van der Waals surface area (Å²) in [6.45, 7) is 8.56. The monoisotopic (exact) mass is 513 g/mol. The van der Waals surface area contributed by atoms with Gasteiger partial charge in [-0.1, -0.05) is 25.1 Å². The molecule has 202 valence electrons. The fourth-order valence-electron chi connectivity index (χ4n) is 8.11. The van der Waals surface area contributed by atoms with E-state index in [0.29, 0.717) is 6.42 Å². The Labute approximate surface area is 218 Å². The van der Waals surface area contributed by atoms with Gasteiger partial charge in [-0.25, -0.2) is 4.79 Å². The van der Waals surface area contributed by atoms with Crippen molar-refractivity contribution in [2.24, 2.45) is 5.41 Å². The highest BCUT2D eigenvalue weighted by Crippen LogP contribution is 2.67. The summed E-state index contributed by atoms with van der Waals surface area (Å²) in [6, 6.07) is 5.66. The number of hydrogen-bond acceptors (Lipinski definition) is 8. The third-order valence-corrected chi connectivity index (χ3v) is 9.08. The second-order valence-corrected chi connectivity index (χ2v) is 11.2. The van der Waals surface area contributed by atoms with E-state index in [-0.39, 0.29) is 18.7 Å². The van der Waals surface area contributed by atoms with E-state index in [1.54, 1.807) is 21.0 Å². The van der Waals surface area contributed by atoms with E-state index in [9.17, 15) is 14.7 Å². The van der Waals surface area contributed by atoms with Crippen LogP contribution in [-0.4, -0.2) is 85.8 Å². The topological polar surface area (TPSA) is 101 Å². The second kappa shape index (κ2) is 8.91.